The molecule has 3 N–H and O–H groups in total. The minimum absolute atomic E-state index is 0.0157. The first-order valence-corrected chi connectivity index (χ1v) is 10.8. The van der Waals surface area contributed by atoms with Crippen molar-refractivity contribution in [3.8, 4) is 0 Å². The summed E-state index contributed by atoms with van der Waals surface area (Å²) in [6, 6.07) is 3.11. The number of fused-ring (bicyclic) bond motifs is 1. The second-order valence-electron chi connectivity index (χ2n) is 8.68. The van der Waals surface area contributed by atoms with Gasteiger partial charge in [0.25, 0.3) is 0 Å². The fraction of sp³-hybridized carbons (Fsp3) is 0.524. The zero-order valence-corrected chi connectivity index (χ0v) is 19.1. The Morgan fingerprint density at radius 2 is 1.94 bits per heavy atom. The van der Waals surface area contributed by atoms with Gasteiger partial charge in [-0.2, -0.15) is 0 Å². The average molecular weight is 467 g/mol. The highest BCUT2D eigenvalue weighted by Crippen LogP contribution is 2.48. The van der Waals surface area contributed by atoms with Crippen molar-refractivity contribution < 1.29 is 38.5 Å². The number of β-lactam (4-membered cyclic amide) rings is 1. The highest BCUT2D eigenvalue weighted by atomic mass is 32.1. The van der Waals surface area contributed by atoms with Crippen molar-refractivity contribution in [2.24, 2.45) is 17.1 Å². The summed E-state index contributed by atoms with van der Waals surface area (Å²) in [4.78, 5) is 51.0. The maximum atomic E-state index is 12.9. The molecule has 174 valence electrons. The lowest BCUT2D eigenvalue weighted by Crippen LogP contribution is -2.61. The van der Waals surface area contributed by atoms with Gasteiger partial charge in [-0.15, -0.1) is 11.3 Å². The quantitative estimate of drug-likeness (QED) is 0.351. The first kappa shape index (κ1) is 23.7. The van der Waals surface area contributed by atoms with E-state index in [0.717, 1.165) is 0 Å². The number of nitrogens with zero attached hydrogens (tertiary/aromatic N) is 1. The minimum atomic E-state index is -0.899. The molecule has 1 fully saturated rings. The fourth-order valence-corrected chi connectivity index (χ4v) is 4.64. The van der Waals surface area contributed by atoms with E-state index in [1.54, 1.807) is 32.9 Å². The van der Waals surface area contributed by atoms with Crippen molar-refractivity contribution in [1.82, 2.24) is 4.90 Å². The van der Waals surface area contributed by atoms with Crippen LogP contribution in [0.2, 0.25) is 0 Å². The highest BCUT2D eigenvalue weighted by Gasteiger charge is 2.57. The smallest absolute Gasteiger partial charge is 0.404 e. The van der Waals surface area contributed by atoms with Gasteiger partial charge < -0.3 is 30.0 Å². The third kappa shape index (κ3) is 4.63. The normalized spacial score (nSPS) is 21.0. The molecule has 3 heterocycles. The molecule has 0 bridgehead atoms. The Morgan fingerprint density at radius 1 is 1.25 bits per heavy atom. The van der Waals surface area contributed by atoms with Gasteiger partial charge in [0.2, 0.25) is 12.7 Å². The van der Waals surface area contributed by atoms with E-state index >= 15 is 0 Å². The van der Waals surface area contributed by atoms with Crippen LogP contribution in [0.3, 0.4) is 0 Å². The molecule has 0 unspecified atom stereocenters. The second-order valence-corrected chi connectivity index (χ2v) is 9.85. The summed E-state index contributed by atoms with van der Waals surface area (Å²) in [7, 11) is 0. The maximum Gasteiger partial charge on any atom is 0.404 e. The Morgan fingerprint density at radius 3 is 2.53 bits per heavy atom. The molecule has 2 amide bonds. The molecule has 1 aromatic heterocycles. The van der Waals surface area contributed by atoms with E-state index in [0.29, 0.717) is 21.7 Å². The number of ether oxygens (including phenoxy) is 3. The van der Waals surface area contributed by atoms with Crippen molar-refractivity contribution >= 4 is 40.8 Å². The van der Waals surface area contributed by atoms with E-state index in [-0.39, 0.29) is 24.3 Å². The molecule has 0 aromatic carbocycles. The lowest BCUT2D eigenvalue weighted by atomic mass is 9.83. The fourth-order valence-electron chi connectivity index (χ4n) is 3.66. The second kappa shape index (κ2) is 8.91. The van der Waals surface area contributed by atoms with Gasteiger partial charge in [0.15, 0.2) is 0 Å². The van der Waals surface area contributed by atoms with Crippen LogP contribution >= 0.6 is 11.3 Å². The molecular weight excluding hydrogens is 440 g/mol. The van der Waals surface area contributed by atoms with E-state index < -0.39 is 42.3 Å². The van der Waals surface area contributed by atoms with Crippen molar-refractivity contribution in [2.45, 2.75) is 52.9 Å². The van der Waals surface area contributed by atoms with Crippen molar-refractivity contribution in [2.75, 3.05) is 6.79 Å². The summed E-state index contributed by atoms with van der Waals surface area (Å²) < 4.78 is 14.9. The number of thiophene rings is 1. The molecule has 0 radical (unpaired) electrons. The standard InChI is InChI=1S/C21H26N2O8S/c1-10(24)15-13-7-12(14-6-5-11(32-14)8-29-20(22)28)16(23(13)17(15)25)18(26)30-9-31-19(27)21(2,3)4/h5-6,10,13,15,24H,7-9H2,1-4H3,(H2,22,28)/t10-,13-,15-/m1/s1. The third-order valence-corrected chi connectivity index (χ3v) is 6.35. The SMILES string of the molecule is C[C@@H](O)[C@H]1C(=O)N2C(C(=O)OCOC(=O)C(C)(C)C)=C(c3ccc(COC(N)=O)s3)C[C@H]12. The molecule has 2 aliphatic heterocycles. The lowest BCUT2D eigenvalue weighted by Gasteiger charge is -2.44. The van der Waals surface area contributed by atoms with Crippen LogP contribution in [-0.2, 0) is 35.2 Å². The molecule has 1 aromatic rings. The average Bonchev–Trinajstić information content (AvgIpc) is 3.27. The maximum absolute atomic E-state index is 12.9. The van der Waals surface area contributed by atoms with Crippen LogP contribution in [0.15, 0.2) is 17.8 Å². The van der Waals surface area contributed by atoms with Crippen LogP contribution < -0.4 is 5.73 Å². The summed E-state index contributed by atoms with van der Waals surface area (Å²) in [5.74, 6) is -2.32. The summed E-state index contributed by atoms with van der Waals surface area (Å²) in [5.41, 5.74) is 4.88. The summed E-state index contributed by atoms with van der Waals surface area (Å²) in [6.45, 7) is 5.95. The zero-order chi connectivity index (χ0) is 23.8. The minimum Gasteiger partial charge on any atom is -0.444 e. The molecule has 10 nitrogen and oxygen atoms in total. The molecule has 0 spiro atoms. The zero-order valence-electron chi connectivity index (χ0n) is 18.2. The molecule has 3 atom stereocenters. The molecule has 0 saturated carbocycles. The molecule has 11 heteroatoms. The molecule has 32 heavy (non-hydrogen) atoms. The Bertz CT molecular complexity index is 975. The number of carbonyl (C=O) groups excluding carboxylic acids is 4. The van der Waals surface area contributed by atoms with Gasteiger partial charge in [0.1, 0.15) is 12.3 Å². The largest absolute Gasteiger partial charge is 0.444 e. The van der Waals surface area contributed by atoms with Crippen LogP contribution in [0, 0.1) is 11.3 Å². The lowest BCUT2D eigenvalue weighted by molar-refractivity contribution is -0.175. The third-order valence-electron chi connectivity index (χ3n) is 5.23. The van der Waals surface area contributed by atoms with Gasteiger partial charge in [0.05, 0.1) is 23.5 Å². The summed E-state index contributed by atoms with van der Waals surface area (Å²) >= 11 is 1.28. The number of amides is 2. The van der Waals surface area contributed by atoms with Gasteiger partial charge in [-0.3, -0.25) is 9.59 Å². The number of rotatable bonds is 7. The number of primary amides is 1. The number of nitrogens with two attached hydrogens (primary N) is 1. The van der Waals surface area contributed by atoms with Crippen molar-refractivity contribution in [3.05, 3.63) is 27.6 Å². The van der Waals surface area contributed by atoms with Gasteiger partial charge >= 0.3 is 18.0 Å². The predicted octanol–water partition coefficient (Wildman–Crippen LogP) is 1.76. The van der Waals surface area contributed by atoms with Crippen LogP contribution in [0.4, 0.5) is 4.79 Å². The van der Waals surface area contributed by atoms with Crippen molar-refractivity contribution in [1.29, 1.82) is 0 Å². The van der Waals surface area contributed by atoms with Crippen LogP contribution in [-0.4, -0.2) is 52.9 Å². The number of aliphatic hydroxyl groups excluding tert-OH is 1. The number of carbonyl (C=O) groups is 4. The first-order valence-electron chi connectivity index (χ1n) is 10.0. The Hall–Kier alpha value is -2.92. The Balaban J connectivity index is 1.82. The Labute approximate surface area is 188 Å². The van der Waals surface area contributed by atoms with Gasteiger partial charge in [-0.25, -0.2) is 9.59 Å². The first-order chi connectivity index (χ1) is 14.9. The van der Waals surface area contributed by atoms with E-state index in [4.69, 9.17) is 19.9 Å². The van der Waals surface area contributed by atoms with Crippen molar-refractivity contribution in [3.63, 3.8) is 0 Å². The van der Waals surface area contributed by atoms with Crippen LogP contribution in [0.25, 0.3) is 5.57 Å². The van der Waals surface area contributed by atoms with Gasteiger partial charge in [0, 0.05) is 15.3 Å². The van der Waals surface area contributed by atoms with E-state index in [1.807, 2.05) is 0 Å². The number of hydrogen-bond acceptors (Lipinski definition) is 9. The van der Waals surface area contributed by atoms with Gasteiger partial charge in [-0.1, -0.05) is 0 Å². The van der Waals surface area contributed by atoms with Crippen LogP contribution in [0.5, 0.6) is 0 Å². The molecule has 0 aliphatic carbocycles. The predicted molar refractivity (Wildman–Crippen MR) is 113 cm³/mol. The molecular formula is C21H26N2O8S. The van der Waals surface area contributed by atoms with E-state index in [1.165, 1.54) is 23.2 Å². The Kier molecular flexibility index (Phi) is 6.61. The molecule has 3 rings (SSSR count). The highest BCUT2D eigenvalue weighted by molar-refractivity contribution is 7.13. The molecule has 1 saturated heterocycles. The van der Waals surface area contributed by atoms with Gasteiger partial charge in [-0.05, 0) is 46.2 Å². The number of hydrogen-bond donors (Lipinski definition) is 2. The summed E-state index contributed by atoms with van der Waals surface area (Å²) in [5, 5.41) is 9.98. The number of aliphatic hydroxyl groups is 1. The number of esters is 2. The monoisotopic (exact) mass is 466 g/mol. The van der Waals surface area contributed by atoms with E-state index in [2.05, 4.69) is 0 Å². The van der Waals surface area contributed by atoms with E-state index in [9.17, 15) is 24.3 Å². The summed E-state index contributed by atoms with van der Waals surface area (Å²) in [6.07, 6.45) is -1.41. The molecule has 2 aliphatic rings. The van der Waals surface area contributed by atoms with Crippen LogP contribution in [0.1, 0.15) is 43.9 Å². The topological polar surface area (TPSA) is 145 Å².